The number of carbonyl (C=O) groups is 1. The van der Waals surface area contributed by atoms with Gasteiger partial charge < -0.3 is 0 Å². The van der Waals surface area contributed by atoms with Crippen molar-refractivity contribution in [3.8, 4) is 0 Å². The van der Waals surface area contributed by atoms with Gasteiger partial charge >= 0.3 is 0 Å². The first-order valence-corrected chi connectivity index (χ1v) is 5.50. The summed E-state index contributed by atoms with van der Waals surface area (Å²) in [7, 11) is 0. The van der Waals surface area contributed by atoms with Gasteiger partial charge in [-0.1, -0.05) is 13.8 Å². The molecule has 0 aliphatic rings. The van der Waals surface area contributed by atoms with Gasteiger partial charge in [-0.3, -0.25) is 4.79 Å². The average molecular weight is 197 g/mol. The Kier molecular flexibility index (Phi) is 3.60. The van der Waals surface area contributed by atoms with Gasteiger partial charge in [-0.05, 0) is 19.3 Å². The van der Waals surface area contributed by atoms with Crippen LogP contribution in [0.25, 0.3) is 0 Å². The van der Waals surface area contributed by atoms with Crippen LogP contribution in [0.2, 0.25) is 0 Å². The summed E-state index contributed by atoms with van der Waals surface area (Å²) in [6, 6.07) is 0. The number of aromatic nitrogens is 1. The Labute approximate surface area is 83.0 Å². The van der Waals surface area contributed by atoms with Crippen LogP contribution in [0.1, 0.15) is 47.6 Å². The summed E-state index contributed by atoms with van der Waals surface area (Å²) in [6.45, 7) is 5.78. The van der Waals surface area contributed by atoms with E-state index in [-0.39, 0.29) is 5.78 Å². The molecule has 0 atom stereocenters. The Morgan fingerprint density at radius 1 is 1.46 bits per heavy atom. The molecule has 1 aromatic heterocycles. The van der Waals surface area contributed by atoms with Crippen LogP contribution >= 0.6 is 11.3 Å². The Morgan fingerprint density at radius 2 is 2.15 bits per heavy atom. The summed E-state index contributed by atoms with van der Waals surface area (Å²) in [5.41, 5.74) is 0.973. The average Bonchev–Trinajstić information content (AvgIpc) is 2.48. The molecule has 0 radical (unpaired) electrons. The molecule has 1 rings (SSSR count). The molecule has 0 aromatic carbocycles. The summed E-state index contributed by atoms with van der Waals surface area (Å²) in [4.78, 5) is 16.5. The van der Waals surface area contributed by atoms with Crippen molar-refractivity contribution in [2.24, 2.45) is 0 Å². The van der Waals surface area contributed by atoms with E-state index < -0.39 is 0 Å². The Hall–Kier alpha value is -0.700. The lowest BCUT2D eigenvalue weighted by molar-refractivity contribution is 0.102. The molecule has 0 N–H and O–H groups in total. The third-order valence-corrected chi connectivity index (χ3v) is 3.12. The van der Waals surface area contributed by atoms with Crippen molar-refractivity contribution in [1.82, 2.24) is 4.98 Å². The SMILES string of the molecule is CCCc1nc(CC)c(C(C)=O)s1. The second kappa shape index (κ2) is 4.51. The normalized spacial score (nSPS) is 10.4. The minimum atomic E-state index is 0.150. The predicted octanol–water partition coefficient (Wildman–Crippen LogP) is 2.86. The van der Waals surface area contributed by atoms with Gasteiger partial charge in [0.1, 0.15) is 0 Å². The van der Waals surface area contributed by atoms with Crippen LogP contribution in [0.15, 0.2) is 0 Å². The lowest BCUT2D eigenvalue weighted by Crippen LogP contribution is -1.93. The highest BCUT2D eigenvalue weighted by atomic mass is 32.1. The summed E-state index contributed by atoms with van der Waals surface area (Å²) >= 11 is 1.56. The van der Waals surface area contributed by atoms with E-state index in [0.29, 0.717) is 0 Å². The lowest BCUT2D eigenvalue weighted by Gasteiger charge is -1.90. The molecule has 0 saturated carbocycles. The molecule has 0 bridgehead atoms. The minimum absolute atomic E-state index is 0.150. The zero-order chi connectivity index (χ0) is 9.84. The van der Waals surface area contributed by atoms with Gasteiger partial charge in [-0.25, -0.2) is 4.98 Å². The van der Waals surface area contributed by atoms with E-state index in [1.165, 1.54) is 0 Å². The van der Waals surface area contributed by atoms with E-state index in [2.05, 4.69) is 11.9 Å². The van der Waals surface area contributed by atoms with E-state index in [1.54, 1.807) is 18.3 Å². The highest BCUT2D eigenvalue weighted by Crippen LogP contribution is 2.20. The van der Waals surface area contributed by atoms with Crippen molar-refractivity contribution in [3.63, 3.8) is 0 Å². The van der Waals surface area contributed by atoms with Crippen LogP contribution < -0.4 is 0 Å². The first kappa shape index (κ1) is 10.4. The maximum absolute atomic E-state index is 11.2. The van der Waals surface area contributed by atoms with E-state index in [0.717, 1.165) is 34.8 Å². The fourth-order valence-electron chi connectivity index (χ4n) is 1.24. The number of carbonyl (C=O) groups excluding carboxylic acids is 1. The molecule has 3 heteroatoms. The van der Waals surface area contributed by atoms with E-state index >= 15 is 0 Å². The second-order valence-corrected chi connectivity index (χ2v) is 4.13. The van der Waals surface area contributed by atoms with Gasteiger partial charge in [0.2, 0.25) is 0 Å². The zero-order valence-electron chi connectivity index (χ0n) is 8.39. The number of Topliss-reactive ketones (excluding diaryl/α,β-unsaturated/α-hetero) is 1. The van der Waals surface area contributed by atoms with Crippen molar-refractivity contribution in [2.45, 2.75) is 40.0 Å². The van der Waals surface area contributed by atoms with Crippen molar-refractivity contribution >= 4 is 17.1 Å². The smallest absolute Gasteiger partial charge is 0.171 e. The van der Waals surface area contributed by atoms with Crippen molar-refractivity contribution < 1.29 is 4.79 Å². The van der Waals surface area contributed by atoms with Crippen molar-refractivity contribution in [1.29, 1.82) is 0 Å². The fraction of sp³-hybridized carbons (Fsp3) is 0.600. The van der Waals surface area contributed by atoms with Crippen molar-refractivity contribution in [2.75, 3.05) is 0 Å². The molecular formula is C10H15NOS. The molecule has 0 amide bonds. The highest BCUT2D eigenvalue weighted by molar-refractivity contribution is 7.13. The molecule has 0 aliphatic heterocycles. The molecule has 0 unspecified atom stereocenters. The minimum Gasteiger partial charge on any atom is -0.294 e. The number of nitrogens with zero attached hydrogens (tertiary/aromatic N) is 1. The summed E-state index contributed by atoms with van der Waals surface area (Å²) in [6.07, 6.45) is 2.94. The van der Waals surface area contributed by atoms with Crippen LogP contribution in [0.3, 0.4) is 0 Å². The van der Waals surface area contributed by atoms with Gasteiger partial charge in [0.05, 0.1) is 15.6 Å². The van der Waals surface area contributed by atoms with Gasteiger partial charge in [0, 0.05) is 6.92 Å². The second-order valence-electron chi connectivity index (χ2n) is 3.04. The molecule has 1 aromatic rings. The maximum Gasteiger partial charge on any atom is 0.171 e. The summed E-state index contributed by atoms with van der Waals surface area (Å²) in [5, 5.41) is 1.10. The molecule has 72 valence electrons. The number of thiazole rings is 1. The maximum atomic E-state index is 11.2. The summed E-state index contributed by atoms with van der Waals surface area (Å²) < 4.78 is 0. The number of ketones is 1. The Morgan fingerprint density at radius 3 is 2.54 bits per heavy atom. The quantitative estimate of drug-likeness (QED) is 0.695. The Balaban J connectivity index is 2.97. The molecule has 2 nitrogen and oxygen atoms in total. The number of aryl methyl sites for hydroxylation is 2. The van der Waals surface area contributed by atoms with Gasteiger partial charge in [-0.15, -0.1) is 11.3 Å². The molecule has 0 aliphatic carbocycles. The highest BCUT2D eigenvalue weighted by Gasteiger charge is 2.12. The van der Waals surface area contributed by atoms with E-state index in [4.69, 9.17) is 0 Å². The van der Waals surface area contributed by atoms with E-state index in [9.17, 15) is 4.79 Å². The van der Waals surface area contributed by atoms with Crippen LogP contribution in [0.5, 0.6) is 0 Å². The van der Waals surface area contributed by atoms with Gasteiger partial charge in [0.25, 0.3) is 0 Å². The zero-order valence-corrected chi connectivity index (χ0v) is 9.20. The third kappa shape index (κ3) is 2.37. The van der Waals surface area contributed by atoms with Crippen LogP contribution in [0.4, 0.5) is 0 Å². The molecular weight excluding hydrogens is 182 g/mol. The third-order valence-electron chi connectivity index (χ3n) is 1.86. The lowest BCUT2D eigenvalue weighted by atomic mass is 10.2. The topological polar surface area (TPSA) is 30.0 Å². The van der Waals surface area contributed by atoms with Gasteiger partial charge in [0.15, 0.2) is 5.78 Å². The van der Waals surface area contributed by atoms with Crippen LogP contribution in [-0.4, -0.2) is 10.8 Å². The van der Waals surface area contributed by atoms with Crippen LogP contribution in [0, 0.1) is 0 Å². The largest absolute Gasteiger partial charge is 0.294 e. The molecule has 0 fully saturated rings. The number of hydrogen-bond acceptors (Lipinski definition) is 3. The molecule has 0 spiro atoms. The molecule has 0 saturated heterocycles. The van der Waals surface area contributed by atoms with Gasteiger partial charge in [-0.2, -0.15) is 0 Å². The first-order chi connectivity index (χ1) is 6.19. The molecule has 1 heterocycles. The number of hydrogen-bond donors (Lipinski definition) is 0. The monoisotopic (exact) mass is 197 g/mol. The standard InChI is InChI=1S/C10H15NOS/c1-4-6-9-11-8(5-2)10(13-9)7(3)12/h4-6H2,1-3H3. The Bertz CT molecular complexity index is 304. The van der Waals surface area contributed by atoms with Crippen molar-refractivity contribution in [3.05, 3.63) is 15.6 Å². The number of rotatable bonds is 4. The molecule has 13 heavy (non-hydrogen) atoms. The van der Waals surface area contributed by atoms with E-state index in [1.807, 2.05) is 6.92 Å². The summed E-state index contributed by atoms with van der Waals surface area (Å²) in [5.74, 6) is 0.150. The predicted molar refractivity (Wildman–Crippen MR) is 55.5 cm³/mol. The fourth-order valence-corrected chi connectivity index (χ4v) is 2.39. The first-order valence-electron chi connectivity index (χ1n) is 4.68. The van der Waals surface area contributed by atoms with Crippen LogP contribution in [-0.2, 0) is 12.8 Å².